The summed E-state index contributed by atoms with van der Waals surface area (Å²) in [6, 6.07) is 0.637. The lowest BCUT2D eigenvalue weighted by molar-refractivity contribution is 0.269. The van der Waals surface area contributed by atoms with E-state index >= 15 is 0 Å². The molecule has 1 heterocycles. The summed E-state index contributed by atoms with van der Waals surface area (Å²) in [6.07, 6.45) is 5.15. The van der Waals surface area contributed by atoms with Gasteiger partial charge in [-0.2, -0.15) is 5.10 Å². The van der Waals surface area contributed by atoms with Gasteiger partial charge in [-0.3, -0.25) is 4.68 Å². The van der Waals surface area contributed by atoms with Crippen LogP contribution >= 0.6 is 12.4 Å². The highest BCUT2D eigenvalue weighted by Crippen LogP contribution is 1.96. The lowest BCUT2D eigenvalue weighted by Gasteiger charge is -2.20. The van der Waals surface area contributed by atoms with E-state index in [1.165, 1.54) is 12.0 Å². The van der Waals surface area contributed by atoms with Gasteiger partial charge in [-0.25, -0.2) is 0 Å². The Bertz CT molecular complexity index is 298. The van der Waals surface area contributed by atoms with Crippen LogP contribution in [-0.4, -0.2) is 40.9 Å². The number of rotatable bonds is 7. The van der Waals surface area contributed by atoms with Gasteiger partial charge in [-0.05, 0) is 40.4 Å². The summed E-state index contributed by atoms with van der Waals surface area (Å²) in [5, 5.41) is 7.56. The normalized spacial score (nSPS) is 10.9. The van der Waals surface area contributed by atoms with Gasteiger partial charge in [0, 0.05) is 31.4 Å². The SMILES string of the molecule is CC(C)N(C)CCCNCc1cnn(C)c1.Cl. The molecule has 4 nitrogen and oxygen atoms in total. The molecule has 0 amide bonds. The monoisotopic (exact) mass is 260 g/mol. The summed E-state index contributed by atoms with van der Waals surface area (Å²) in [7, 11) is 4.12. The Kier molecular flexibility index (Phi) is 8.21. The van der Waals surface area contributed by atoms with Crippen molar-refractivity contribution < 1.29 is 0 Å². The van der Waals surface area contributed by atoms with Crippen molar-refractivity contribution in [1.29, 1.82) is 0 Å². The van der Waals surface area contributed by atoms with Gasteiger partial charge < -0.3 is 10.2 Å². The van der Waals surface area contributed by atoms with Gasteiger partial charge >= 0.3 is 0 Å². The first-order valence-electron chi connectivity index (χ1n) is 5.98. The molecule has 0 unspecified atom stereocenters. The third-order valence-corrected chi connectivity index (χ3v) is 2.83. The molecule has 17 heavy (non-hydrogen) atoms. The van der Waals surface area contributed by atoms with Gasteiger partial charge in [0.15, 0.2) is 0 Å². The smallest absolute Gasteiger partial charge is 0.0534 e. The minimum atomic E-state index is 0. The maximum atomic E-state index is 4.14. The van der Waals surface area contributed by atoms with Crippen LogP contribution in [0.1, 0.15) is 25.8 Å². The maximum Gasteiger partial charge on any atom is 0.0534 e. The number of hydrogen-bond acceptors (Lipinski definition) is 3. The van der Waals surface area contributed by atoms with Gasteiger partial charge in [0.25, 0.3) is 0 Å². The average Bonchev–Trinajstić information content (AvgIpc) is 2.63. The minimum absolute atomic E-state index is 0. The Labute approximate surface area is 111 Å². The number of halogens is 1. The van der Waals surface area contributed by atoms with Crippen molar-refractivity contribution in [2.45, 2.75) is 32.9 Å². The number of nitrogens with one attached hydrogen (secondary N) is 1. The molecule has 0 spiro atoms. The number of hydrogen-bond donors (Lipinski definition) is 1. The molecule has 100 valence electrons. The van der Waals surface area contributed by atoms with Crippen LogP contribution in [0, 0.1) is 0 Å². The molecule has 0 aliphatic carbocycles. The van der Waals surface area contributed by atoms with Crippen molar-refractivity contribution >= 4 is 12.4 Å². The van der Waals surface area contributed by atoms with E-state index in [-0.39, 0.29) is 12.4 Å². The van der Waals surface area contributed by atoms with Crippen LogP contribution < -0.4 is 5.32 Å². The minimum Gasteiger partial charge on any atom is -0.313 e. The molecule has 0 saturated carbocycles. The van der Waals surface area contributed by atoms with Gasteiger partial charge in [-0.1, -0.05) is 0 Å². The van der Waals surface area contributed by atoms with E-state index in [1.807, 2.05) is 24.1 Å². The van der Waals surface area contributed by atoms with Crippen LogP contribution in [0.5, 0.6) is 0 Å². The lowest BCUT2D eigenvalue weighted by atomic mass is 10.3. The Morgan fingerprint density at radius 2 is 2.18 bits per heavy atom. The molecule has 0 fully saturated rings. The average molecular weight is 261 g/mol. The summed E-state index contributed by atoms with van der Waals surface area (Å²) in [5.41, 5.74) is 1.25. The van der Waals surface area contributed by atoms with Crippen molar-refractivity contribution in [1.82, 2.24) is 20.0 Å². The van der Waals surface area contributed by atoms with Crippen LogP contribution in [0.3, 0.4) is 0 Å². The second kappa shape index (κ2) is 8.50. The van der Waals surface area contributed by atoms with Crippen LogP contribution in [0.2, 0.25) is 0 Å². The third kappa shape index (κ3) is 6.66. The van der Waals surface area contributed by atoms with Crippen LogP contribution in [-0.2, 0) is 13.6 Å². The van der Waals surface area contributed by atoms with Crippen molar-refractivity contribution in [3.05, 3.63) is 18.0 Å². The van der Waals surface area contributed by atoms with E-state index in [2.05, 4.69) is 36.2 Å². The molecule has 1 aromatic heterocycles. The van der Waals surface area contributed by atoms with E-state index in [0.29, 0.717) is 6.04 Å². The zero-order valence-electron chi connectivity index (χ0n) is 11.3. The molecule has 0 aliphatic heterocycles. The van der Waals surface area contributed by atoms with E-state index in [4.69, 9.17) is 0 Å². The van der Waals surface area contributed by atoms with Crippen molar-refractivity contribution in [3.63, 3.8) is 0 Å². The standard InChI is InChI=1S/C12H24N4.ClH/c1-11(2)15(3)7-5-6-13-8-12-9-14-16(4)10-12;/h9-11,13H,5-8H2,1-4H3;1H. The van der Waals surface area contributed by atoms with Crippen LogP contribution in [0.25, 0.3) is 0 Å². The van der Waals surface area contributed by atoms with Gasteiger partial charge in [0.1, 0.15) is 0 Å². The number of nitrogens with zero attached hydrogens (tertiary/aromatic N) is 3. The molecule has 0 saturated heterocycles. The summed E-state index contributed by atoms with van der Waals surface area (Å²) < 4.78 is 1.84. The zero-order chi connectivity index (χ0) is 12.0. The quantitative estimate of drug-likeness (QED) is 0.757. The lowest BCUT2D eigenvalue weighted by Crippen LogP contribution is -2.29. The predicted molar refractivity (Wildman–Crippen MR) is 74.5 cm³/mol. The molecule has 1 aromatic rings. The van der Waals surface area contributed by atoms with Gasteiger partial charge in [0.2, 0.25) is 0 Å². The molecular weight excluding hydrogens is 236 g/mol. The second-order valence-corrected chi connectivity index (χ2v) is 4.63. The van der Waals surface area contributed by atoms with Crippen LogP contribution in [0.15, 0.2) is 12.4 Å². The van der Waals surface area contributed by atoms with E-state index in [9.17, 15) is 0 Å². The fourth-order valence-electron chi connectivity index (χ4n) is 1.51. The van der Waals surface area contributed by atoms with Crippen LogP contribution in [0.4, 0.5) is 0 Å². The van der Waals surface area contributed by atoms with E-state index in [0.717, 1.165) is 19.6 Å². The number of aromatic nitrogens is 2. The molecule has 0 aliphatic rings. The summed E-state index contributed by atoms with van der Waals surface area (Å²) >= 11 is 0. The fraction of sp³-hybridized carbons (Fsp3) is 0.750. The van der Waals surface area contributed by atoms with Crippen molar-refractivity contribution in [3.8, 4) is 0 Å². The topological polar surface area (TPSA) is 33.1 Å². The van der Waals surface area contributed by atoms with Crippen molar-refractivity contribution in [2.75, 3.05) is 20.1 Å². The highest BCUT2D eigenvalue weighted by molar-refractivity contribution is 5.85. The van der Waals surface area contributed by atoms with Crippen molar-refractivity contribution in [2.24, 2.45) is 7.05 Å². The Hall–Kier alpha value is -0.580. The van der Waals surface area contributed by atoms with E-state index in [1.54, 1.807) is 0 Å². The first-order chi connectivity index (χ1) is 7.59. The first-order valence-corrected chi connectivity index (χ1v) is 5.98. The van der Waals surface area contributed by atoms with E-state index < -0.39 is 0 Å². The molecule has 0 bridgehead atoms. The summed E-state index contributed by atoms with van der Waals surface area (Å²) in [4.78, 5) is 2.37. The molecule has 5 heteroatoms. The Morgan fingerprint density at radius 3 is 2.71 bits per heavy atom. The summed E-state index contributed by atoms with van der Waals surface area (Å²) in [5.74, 6) is 0. The maximum absolute atomic E-state index is 4.14. The highest BCUT2D eigenvalue weighted by atomic mass is 35.5. The molecule has 0 atom stereocenters. The third-order valence-electron chi connectivity index (χ3n) is 2.83. The highest BCUT2D eigenvalue weighted by Gasteiger charge is 2.01. The predicted octanol–water partition coefficient (Wildman–Crippen LogP) is 1.66. The summed E-state index contributed by atoms with van der Waals surface area (Å²) in [6.45, 7) is 7.58. The number of aryl methyl sites for hydroxylation is 1. The zero-order valence-corrected chi connectivity index (χ0v) is 12.1. The first kappa shape index (κ1) is 16.4. The Balaban J connectivity index is 0.00000256. The molecule has 1 N–H and O–H groups in total. The second-order valence-electron chi connectivity index (χ2n) is 4.63. The molecule has 0 aromatic carbocycles. The largest absolute Gasteiger partial charge is 0.313 e. The van der Waals surface area contributed by atoms with Gasteiger partial charge in [-0.15, -0.1) is 12.4 Å². The van der Waals surface area contributed by atoms with Gasteiger partial charge in [0.05, 0.1) is 6.20 Å². The molecular formula is C12H25ClN4. The fourth-order valence-corrected chi connectivity index (χ4v) is 1.51. The molecule has 1 rings (SSSR count). The molecule has 0 radical (unpaired) electrons. The Morgan fingerprint density at radius 1 is 1.47 bits per heavy atom.